The smallest absolute Gasteiger partial charge is 0.317 e. The van der Waals surface area contributed by atoms with Crippen molar-refractivity contribution in [2.45, 2.75) is 33.5 Å². The number of nitrogens with one attached hydrogen (secondary N) is 1. The Morgan fingerprint density at radius 3 is 2.54 bits per heavy atom. The number of aromatic nitrogens is 5. The van der Waals surface area contributed by atoms with E-state index in [-0.39, 0.29) is 22.1 Å². The highest BCUT2D eigenvalue weighted by atomic mass is 35.5. The lowest BCUT2D eigenvalue weighted by Crippen LogP contribution is -2.16. The zero-order chi connectivity index (χ0) is 26.5. The van der Waals surface area contributed by atoms with Gasteiger partial charge in [0.1, 0.15) is 5.02 Å². The van der Waals surface area contributed by atoms with Gasteiger partial charge in [0, 0.05) is 0 Å². The van der Waals surface area contributed by atoms with Gasteiger partial charge >= 0.3 is 6.18 Å². The second-order valence-corrected chi connectivity index (χ2v) is 9.81. The third-order valence-corrected chi connectivity index (χ3v) is 7.25. The minimum Gasteiger partial charge on any atom is -0.317 e. The fraction of sp³-hybridized carbons (Fsp3) is 0.200. The molecular weight excluding hydrogens is 525 g/mol. The van der Waals surface area contributed by atoms with Crippen LogP contribution in [0.5, 0.6) is 0 Å². The Morgan fingerprint density at radius 2 is 1.86 bits per heavy atom. The molecule has 37 heavy (non-hydrogen) atoms. The predicted octanol–water partition coefficient (Wildman–Crippen LogP) is 6.55. The maximum atomic E-state index is 13.9. The van der Waals surface area contributed by atoms with Crippen molar-refractivity contribution >= 4 is 40.2 Å². The number of hydrogen-bond donors (Lipinski definition) is 1. The molecule has 4 aromatic heterocycles. The van der Waals surface area contributed by atoms with E-state index in [9.17, 15) is 18.0 Å². The normalized spacial score (nSPS) is 11.9. The molecule has 0 saturated heterocycles. The third-order valence-electron chi connectivity index (χ3n) is 6.01. The molecule has 0 bridgehead atoms. The van der Waals surface area contributed by atoms with Crippen molar-refractivity contribution in [3.05, 3.63) is 86.8 Å². The summed E-state index contributed by atoms with van der Waals surface area (Å²) in [7, 11) is 0. The molecule has 0 aliphatic rings. The predicted molar refractivity (Wildman–Crippen MR) is 136 cm³/mol. The average Bonchev–Trinajstić information content (AvgIpc) is 3.55. The van der Waals surface area contributed by atoms with Gasteiger partial charge in [-0.05, 0) is 49.4 Å². The lowest BCUT2D eigenvalue weighted by atomic mass is 10.1. The highest BCUT2D eigenvalue weighted by Crippen LogP contribution is 2.35. The summed E-state index contributed by atoms with van der Waals surface area (Å²) in [6.45, 7) is 6.03. The molecule has 1 N–H and O–H groups in total. The molecule has 0 saturated carbocycles. The van der Waals surface area contributed by atoms with Crippen molar-refractivity contribution in [2.24, 2.45) is 0 Å². The first-order valence-corrected chi connectivity index (χ1v) is 12.4. The molecule has 0 spiro atoms. The molecule has 190 valence electrons. The van der Waals surface area contributed by atoms with E-state index in [4.69, 9.17) is 11.6 Å². The number of hydrogen-bond acceptors (Lipinski definition) is 5. The Bertz CT molecular complexity index is 1640. The van der Waals surface area contributed by atoms with Crippen LogP contribution in [0.25, 0.3) is 16.2 Å². The number of halogens is 4. The Morgan fingerprint density at radius 1 is 1.11 bits per heavy atom. The minimum absolute atomic E-state index is 0.0905. The Labute approximate surface area is 218 Å². The first kappa shape index (κ1) is 25.0. The van der Waals surface area contributed by atoms with Crippen molar-refractivity contribution in [3.8, 4) is 10.6 Å². The fourth-order valence-corrected chi connectivity index (χ4v) is 4.97. The number of rotatable bonds is 5. The average molecular weight is 545 g/mol. The van der Waals surface area contributed by atoms with Crippen molar-refractivity contribution in [1.82, 2.24) is 24.4 Å². The highest BCUT2D eigenvalue weighted by molar-refractivity contribution is 7.13. The van der Waals surface area contributed by atoms with E-state index in [2.05, 4.69) is 20.5 Å². The molecule has 0 aliphatic heterocycles. The van der Waals surface area contributed by atoms with E-state index in [0.29, 0.717) is 33.0 Å². The summed E-state index contributed by atoms with van der Waals surface area (Å²) in [5.41, 5.74) is 2.23. The summed E-state index contributed by atoms with van der Waals surface area (Å²) < 4.78 is 44.0. The molecule has 0 radical (unpaired) electrons. The largest absolute Gasteiger partial charge is 0.433 e. The summed E-state index contributed by atoms with van der Waals surface area (Å²) in [6.07, 6.45) is -4.75. The molecule has 7 nitrogen and oxygen atoms in total. The summed E-state index contributed by atoms with van der Waals surface area (Å²) >= 11 is 7.63. The lowest BCUT2D eigenvalue weighted by molar-refractivity contribution is -0.142. The van der Waals surface area contributed by atoms with Crippen molar-refractivity contribution in [1.29, 1.82) is 0 Å². The molecule has 0 aliphatic carbocycles. The van der Waals surface area contributed by atoms with E-state index in [1.165, 1.54) is 11.3 Å². The fourth-order valence-electron chi connectivity index (χ4n) is 4.04. The van der Waals surface area contributed by atoms with Crippen LogP contribution in [-0.4, -0.2) is 30.3 Å². The van der Waals surface area contributed by atoms with Gasteiger partial charge in [-0.2, -0.15) is 23.4 Å². The maximum Gasteiger partial charge on any atom is 0.433 e. The standard InChI is InChI=1S/C25H20ClF3N6OS/c1-13-7-4-5-8-16(13)12-34-15(3)21(14(2)32-34)31-24(36)22-20(26)23-30-17(18-9-6-10-37-18)11-19(25(27,28)29)35(23)33-22/h4-11H,12H2,1-3H3,(H,31,36). The van der Waals surface area contributed by atoms with Crippen molar-refractivity contribution < 1.29 is 18.0 Å². The SMILES string of the molecule is Cc1ccccc1Cn1nc(C)c(NC(=O)c2nn3c(C(F)(F)F)cc(-c4cccs4)nc3c2Cl)c1C. The van der Waals surface area contributed by atoms with Crippen molar-refractivity contribution in [2.75, 3.05) is 5.32 Å². The minimum atomic E-state index is -4.75. The summed E-state index contributed by atoms with van der Waals surface area (Å²) in [5.74, 6) is -0.761. The van der Waals surface area contributed by atoms with Gasteiger partial charge in [-0.3, -0.25) is 9.48 Å². The molecule has 0 unspecified atom stereocenters. The van der Waals surface area contributed by atoms with E-state index in [0.717, 1.165) is 17.2 Å². The first-order valence-electron chi connectivity index (χ1n) is 11.1. The van der Waals surface area contributed by atoms with Crippen LogP contribution >= 0.6 is 22.9 Å². The van der Waals surface area contributed by atoms with Crippen LogP contribution in [0.4, 0.5) is 18.9 Å². The van der Waals surface area contributed by atoms with E-state index >= 15 is 0 Å². The van der Waals surface area contributed by atoms with Gasteiger partial charge in [0.2, 0.25) is 0 Å². The maximum absolute atomic E-state index is 13.9. The number of nitrogens with zero attached hydrogens (tertiary/aromatic N) is 5. The number of amides is 1. The van der Waals surface area contributed by atoms with Gasteiger partial charge in [0.05, 0.1) is 34.2 Å². The highest BCUT2D eigenvalue weighted by Gasteiger charge is 2.37. The van der Waals surface area contributed by atoms with Crippen LogP contribution in [0.3, 0.4) is 0 Å². The number of anilines is 1. The molecule has 1 aromatic carbocycles. The van der Waals surface area contributed by atoms with Gasteiger partial charge < -0.3 is 5.32 Å². The molecule has 0 atom stereocenters. The van der Waals surface area contributed by atoms with Crippen LogP contribution in [-0.2, 0) is 12.7 Å². The molecule has 4 heterocycles. The molecular formula is C25H20ClF3N6OS. The van der Waals surface area contributed by atoms with Crippen LogP contribution in [0, 0.1) is 20.8 Å². The summed E-state index contributed by atoms with van der Waals surface area (Å²) in [6, 6.07) is 12.1. The molecule has 5 aromatic rings. The number of carbonyl (C=O) groups is 1. The van der Waals surface area contributed by atoms with Crippen molar-refractivity contribution in [3.63, 3.8) is 0 Å². The van der Waals surface area contributed by atoms with Gasteiger partial charge in [0.25, 0.3) is 5.91 Å². The number of carbonyl (C=O) groups excluding carboxylic acids is 1. The van der Waals surface area contributed by atoms with Crippen LogP contribution in [0.2, 0.25) is 5.02 Å². The van der Waals surface area contributed by atoms with Gasteiger partial charge in [-0.1, -0.05) is 41.9 Å². The summed E-state index contributed by atoms with van der Waals surface area (Å²) in [4.78, 5) is 18.0. The Kier molecular flexibility index (Phi) is 6.28. The number of thiophene rings is 1. The first-order chi connectivity index (χ1) is 17.5. The van der Waals surface area contributed by atoms with E-state index in [1.54, 1.807) is 36.0 Å². The number of aryl methyl sites for hydroxylation is 2. The van der Waals surface area contributed by atoms with Gasteiger partial charge in [-0.25, -0.2) is 9.50 Å². The monoisotopic (exact) mass is 544 g/mol. The van der Waals surface area contributed by atoms with E-state index in [1.807, 2.05) is 31.2 Å². The van der Waals surface area contributed by atoms with E-state index < -0.39 is 17.8 Å². The Balaban J connectivity index is 1.52. The lowest BCUT2D eigenvalue weighted by Gasteiger charge is -2.10. The second-order valence-electron chi connectivity index (χ2n) is 8.48. The summed E-state index contributed by atoms with van der Waals surface area (Å²) in [5, 5.41) is 12.6. The van der Waals surface area contributed by atoms with Gasteiger partial charge in [-0.15, -0.1) is 11.3 Å². The van der Waals surface area contributed by atoms with Crippen LogP contribution < -0.4 is 5.32 Å². The topological polar surface area (TPSA) is 77.1 Å². The molecule has 1 amide bonds. The third kappa shape index (κ3) is 4.60. The second kappa shape index (κ2) is 9.31. The van der Waals surface area contributed by atoms with Crippen LogP contribution in [0.1, 0.15) is 38.7 Å². The van der Waals surface area contributed by atoms with Gasteiger partial charge in [0.15, 0.2) is 17.0 Å². The molecule has 0 fully saturated rings. The molecule has 12 heteroatoms. The Hall–Kier alpha value is -3.70. The number of benzene rings is 1. The zero-order valence-corrected chi connectivity index (χ0v) is 21.5. The zero-order valence-electron chi connectivity index (χ0n) is 19.9. The van der Waals surface area contributed by atoms with Crippen LogP contribution in [0.15, 0.2) is 47.8 Å². The number of alkyl halides is 3. The number of fused-ring (bicyclic) bond motifs is 1. The molecule has 5 rings (SSSR count). The quantitative estimate of drug-likeness (QED) is 0.272.